The third-order valence-corrected chi connectivity index (χ3v) is 2.49. The first-order chi connectivity index (χ1) is 7.22. The first-order valence-corrected chi connectivity index (χ1v) is 4.87. The van der Waals surface area contributed by atoms with Gasteiger partial charge < -0.3 is 4.74 Å². The van der Waals surface area contributed by atoms with E-state index in [9.17, 15) is 4.79 Å². The van der Waals surface area contributed by atoms with Gasteiger partial charge in [-0.05, 0) is 29.1 Å². The number of fused-ring (bicyclic) bond motifs is 1. The summed E-state index contributed by atoms with van der Waals surface area (Å²) in [5.41, 5.74) is 0.451. The molecule has 0 N–H and O–H groups in total. The number of methoxy groups -OCH3 is 1. The van der Waals surface area contributed by atoms with Gasteiger partial charge in [-0.25, -0.2) is 0 Å². The minimum absolute atomic E-state index is 0.451. The van der Waals surface area contributed by atoms with E-state index in [0.29, 0.717) is 11.3 Å². The van der Waals surface area contributed by atoms with E-state index >= 15 is 0 Å². The van der Waals surface area contributed by atoms with Crippen LogP contribution in [-0.2, 0) is 0 Å². The molecule has 0 spiro atoms. The van der Waals surface area contributed by atoms with Gasteiger partial charge in [0.05, 0.1) is 7.11 Å². The van der Waals surface area contributed by atoms with Crippen molar-refractivity contribution >= 4 is 27.6 Å². The fourth-order valence-corrected chi connectivity index (χ4v) is 1.67. The van der Waals surface area contributed by atoms with Crippen molar-refractivity contribution < 1.29 is 9.53 Å². The maximum Gasteiger partial charge on any atom is 0.252 e. The molecule has 2 aromatic rings. The van der Waals surface area contributed by atoms with Gasteiger partial charge in [0.25, 0.3) is 5.24 Å². The van der Waals surface area contributed by atoms with Crippen molar-refractivity contribution in [2.75, 3.05) is 7.11 Å². The van der Waals surface area contributed by atoms with Crippen molar-refractivity contribution in [3.8, 4) is 5.75 Å². The number of benzene rings is 2. The summed E-state index contributed by atoms with van der Waals surface area (Å²) >= 11 is 5.44. The highest BCUT2D eigenvalue weighted by atomic mass is 35.5. The Labute approximate surface area is 92.4 Å². The van der Waals surface area contributed by atoms with Crippen LogP contribution >= 0.6 is 11.6 Å². The summed E-state index contributed by atoms with van der Waals surface area (Å²) in [7, 11) is 1.57. The van der Waals surface area contributed by atoms with Crippen LogP contribution in [-0.4, -0.2) is 12.4 Å². The SMILES string of the molecule is COc1cc(C(=O)Cl)cc2ccccc12. The lowest BCUT2D eigenvalue weighted by molar-refractivity contribution is 0.108. The van der Waals surface area contributed by atoms with Crippen molar-refractivity contribution in [3.63, 3.8) is 0 Å². The van der Waals surface area contributed by atoms with Crippen molar-refractivity contribution in [2.24, 2.45) is 0 Å². The molecule has 0 saturated heterocycles. The fourth-order valence-electron chi connectivity index (χ4n) is 1.56. The fraction of sp³-hybridized carbons (Fsp3) is 0.0833. The molecule has 0 radical (unpaired) electrons. The summed E-state index contributed by atoms with van der Waals surface area (Å²) in [6, 6.07) is 11.1. The van der Waals surface area contributed by atoms with Crippen LogP contribution in [0.5, 0.6) is 5.75 Å². The Morgan fingerprint density at radius 3 is 2.67 bits per heavy atom. The summed E-state index contributed by atoms with van der Waals surface area (Å²) in [4.78, 5) is 11.1. The monoisotopic (exact) mass is 220 g/mol. The zero-order chi connectivity index (χ0) is 10.8. The van der Waals surface area contributed by atoms with Crippen LogP contribution in [0, 0.1) is 0 Å². The number of ether oxygens (including phenoxy) is 1. The van der Waals surface area contributed by atoms with E-state index in [1.807, 2.05) is 24.3 Å². The molecule has 0 saturated carbocycles. The second-order valence-electron chi connectivity index (χ2n) is 3.17. The van der Waals surface area contributed by atoms with Crippen molar-refractivity contribution in [1.29, 1.82) is 0 Å². The van der Waals surface area contributed by atoms with Gasteiger partial charge in [0.2, 0.25) is 0 Å². The lowest BCUT2D eigenvalue weighted by Crippen LogP contribution is -1.92. The van der Waals surface area contributed by atoms with Gasteiger partial charge in [-0.15, -0.1) is 0 Å². The smallest absolute Gasteiger partial charge is 0.252 e. The van der Waals surface area contributed by atoms with Crippen LogP contribution in [0.15, 0.2) is 36.4 Å². The Morgan fingerprint density at radius 1 is 1.27 bits per heavy atom. The molecule has 0 unspecified atom stereocenters. The highest BCUT2D eigenvalue weighted by Crippen LogP contribution is 2.27. The molecule has 0 aliphatic carbocycles. The zero-order valence-electron chi connectivity index (χ0n) is 8.16. The summed E-state index contributed by atoms with van der Waals surface area (Å²) in [6.07, 6.45) is 0. The second-order valence-corrected chi connectivity index (χ2v) is 3.52. The van der Waals surface area contributed by atoms with E-state index in [1.54, 1.807) is 19.2 Å². The number of rotatable bonds is 2. The molecule has 2 nitrogen and oxygen atoms in total. The molecule has 0 amide bonds. The molecule has 0 fully saturated rings. The maximum absolute atomic E-state index is 11.1. The lowest BCUT2D eigenvalue weighted by atomic mass is 10.1. The molecule has 0 bridgehead atoms. The van der Waals surface area contributed by atoms with Crippen LogP contribution in [0.4, 0.5) is 0 Å². The third-order valence-electron chi connectivity index (χ3n) is 2.27. The van der Waals surface area contributed by atoms with Gasteiger partial charge in [-0.1, -0.05) is 24.3 Å². The highest BCUT2D eigenvalue weighted by molar-refractivity contribution is 6.67. The normalized spacial score (nSPS) is 10.3. The summed E-state index contributed by atoms with van der Waals surface area (Å²) in [6.45, 7) is 0. The quantitative estimate of drug-likeness (QED) is 0.727. The topological polar surface area (TPSA) is 26.3 Å². The largest absolute Gasteiger partial charge is 0.496 e. The summed E-state index contributed by atoms with van der Waals surface area (Å²) in [5, 5.41) is 1.45. The molecule has 0 atom stereocenters. The number of carbonyl (C=O) groups excluding carboxylic acids is 1. The molecule has 15 heavy (non-hydrogen) atoms. The van der Waals surface area contributed by atoms with E-state index in [0.717, 1.165) is 10.8 Å². The van der Waals surface area contributed by atoms with E-state index < -0.39 is 5.24 Å². The third kappa shape index (κ3) is 1.81. The number of carbonyl (C=O) groups is 1. The molecular formula is C12H9ClO2. The van der Waals surface area contributed by atoms with Gasteiger partial charge in [0.1, 0.15) is 5.75 Å². The van der Waals surface area contributed by atoms with Gasteiger partial charge >= 0.3 is 0 Å². The Morgan fingerprint density at radius 2 is 2.00 bits per heavy atom. The van der Waals surface area contributed by atoms with Crippen LogP contribution < -0.4 is 4.74 Å². The molecular weight excluding hydrogens is 212 g/mol. The molecule has 0 heterocycles. The van der Waals surface area contributed by atoms with Gasteiger partial charge in [0, 0.05) is 10.9 Å². The van der Waals surface area contributed by atoms with E-state index in [-0.39, 0.29) is 0 Å². The molecule has 0 aliphatic heterocycles. The molecule has 76 valence electrons. The minimum atomic E-state index is -0.473. The Bertz CT molecular complexity index is 520. The van der Waals surface area contributed by atoms with Crippen LogP contribution in [0.3, 0.4) is 0 Å². The highest BCUT2D eigenvalue weighted by Gasteiger charge is 2.07. The minimum Gasteiger partial charge on any atom is -0.496 e. The molecule has 2 aromatic carbocycles. The Hall–Kier alpha value is -1.54. The van der Waals surface area contributed by atoms with Crippen LogP contribution in [0.2, 0.25) is 0 Å². The average Bonchev–Trinajstić information content (AvgIpc) is 2.27. The van der Waals surface area contributed by atoms with Gasteiger partial charge in [-0.3, -0.25) is 4.79 Å². The van der Waals surface area contributed by atoms with Crippen molar-refractivity contribution in [3.05, 3.63) is 42.0 Å². The van der Waals surface area contributed by atoms with Crippen molar-refractivity contribution in [2.45, 2.75) is 0 Å². The Kier molecular flexibility index (Phi) is 2.60. The van der Waals surface area contributed by atoms with E-state index in [1.165, 1.54) is 0 Å². The second kappa shape index (κ2) is 3.91. The number of hydrogen-bond donors (Lipinski definition) is 0. The first-order valence-electron chi connectivity index (χ1n) is 4.49. The summed E-state index contributed by atoms with van der Waals surface area (Å²) in [5.74, 6) is 0.664. The van der Waals surface area contributed by atoms with Gasteiger partial charge in [0.15, 0.2) is 0 Å². The van der Waals surface area contributed by atoms with Gasteiger partial charge in [-0.2, -0.15) is 0 Å². The lowest BCUT2D eigenvalue weighted by Gasteiger charge is -2.06. The summed E-state index contributed by atoms with van der Waals surface area (Å²) < 4.78 is 5.21. The molecule has 2 rings (SSSR count). The van der Waals surface area contributed by atoms with Crippen LogP contribution in [0.1, 0.15) is 10.4 Å². The van der Waals surface area contributed by atoms with Crippen molar-refractivity contribution in [1.82, 2.24) is 0 Å². The molecule has 0 aliphatic rings. The van der Waals surface area contributed by atoms with E-state index in [2.05, 4.69) is 0 Å². The molecule has 3 heteroatoms. The standard InChI is InChI=1S/C12H9ClO2/c1-15-11-7-9(12(13)14)6-8-4-2-3-5-10(8)11/h2-7H,1H3. The maximum atomic E-state index is 11.1. The average molecular weight is 221 g/mol. The van der Waals surface area contributed by atoms with E-state index in [4.69, 9.17) is 16.3 Å². The molecule has 0 aromatic heterocycles. The zero-order valence-corrected chi connectivity index (χ0v) is 8.91. The Balaban J connectivity index is 2.77. The predicted octanol–water partition coefficient (Wildman–Crippen LogP) is 3.23. The predicted molar refractivity (Wildman–Crippen MR) is 60.7 cm³/mol. The van der Waals surface area contributed by atoms with Crippen LogP contribution in [0.25, 0.3) is 10.8 Å². The number of halogens is 1. The first kappa shape index (κ1) is 9.99. The number of hydrogen-bond acceptors (Lipinski definition) is 2.